The van der Waals surface area contributed by atoms with E-state index in [0.29, 0.717) is 47.4 Å². The first kappa shape index (κ1) is 22.8. The van der Waals surface area contributed by atoms with Gasteiger partial charge >= 0.3 is 0 Å². The number of Topliss-reactive ketones (excluding diaryl/α,β-unsaturated/α-hetero) is 1. The van der Waals surface area contributed by atoms with Crippen LogP contribution in [0.2, 0.25) is 0 Å². The van der Waals surface area contributed by atoms with E-state index in [0.717, 1.165) is 23.4 Å². The molecule has 0 fully saturated rings. The van der Waals surface area contributed by atoms with Gasteiger partial charge in [0.1, 0.15) is 18.2 Å². The Balaban J connectivity index is 1.46. The Hall–Kier alpha value is -3.97. The average Bonchev–Trinajstić information content (AvgIpc) is 3.19. The number of fused-ring (bicyclic) bond motifs is 2. The van der Waals surface area contributed by atoms with Crippen molar-refractivity contribution in [1.29, 1.82) is 0 Å². The fourth-order valence-corrected chi connectivity index (χ4v) is 4.62. The Morgan fingerprint density at radius 1 is 0.971 bits per heavy atom. The van der Waals surface area contributed by atoms with E-state index in [1.165, 1.54) is 5.56 Å². The lowest BCUT2D eigenvalue weighted by molar-refractivity contribution is 0.0876. The van der Waals surface area contributed by atoms with Crippen LogP contribution in [0.3, 0.4) is 0 Å². The third kappa shape index (κ3) is 4.08. The van der Waals surface area contributed by atoms with E-state index in [4.69, 9.17) is 23.7 Å². The Morgan fingerprint density at radius 3 is 2.46 bits per heavy atom. The van der Waals surface area contributed by atoms with Crippen LogP contribution in [0.5, 0.6) is 28.7 Å². The number of ketones is 1. The zero-order valence-electron chi connectivity index (χ0n) is 20.2. The normalized spacial score (nSPS) is 15.8. The molecule has 2 aliphatic rings. The Morgan fingerprint density at radius 2 is 1.74 bits per heavy atom. The van der Waals surface area contributed by atoms with E-state index in [-0.39, 0.29) is 11.5 Å². The number of allylic oxidation sites excluding steroid dienone is 1. The first-order valence-electron chi connectivity index (χ1n) is 11.3. The monoisotopic (exact) mass is 473 g/mol. The molecule has 5 rings (SSSR count). The summed E-state index contributed by atoms with van der Waals surface area (Å²) in [6, 6.07) is 15.7. The number of nitrogens with zero attached hydrogens (tertiary/aromatic N) is 1. The number of carbonyl (C=O) groups is 1. The SMILES string of the molecule is COc1ccc(/C=C2\Oc3c(cc4c(c3C)OCN(Cc3ccccc3)C4)C2=O)c(OC)c1OC. The fourth-order valence-electron chi connectivity index (χ4n) is 4.62. The van der Waals surface area contributed by atoms with Crippen LogP contribution in [-0.2, 0) is 13.1 Å². The van der Waals surface area contributed by atoms with Crippen molar-refractivity contribution in [2.24, 2.45) is 0 Å². The van der Waals surface area contributed by atoms with Gasteiger partial charge in [-0.15, -0.1) is 0 Å². The molecule has 3 aromatic rings. The van der Waals surface area contributed by atoms with Gasteiger partial charge in [0.25, 0.3) is 0 Å². The molecule has 0 N–H and O–H groups in total. The van der Waals surface area contributed by atoms with Gasteiger partial charge in [0, 0.05) is 29.8 Å². The van der Waals surface area contributed by atoms with Crippen LogP contribution in [0.25, 0.3) is 6.08 Å². The number of methoxy groups -OCH3 is 3. The summed E-state index contributed by atoms with van der Waals surface area (Å²) in [5, 5.41) is 0. The third-order valence-corrected chi connectivity index (χ3v) is 6.27. The molecule has 0 aromatic heterocycles. The molecule has 0 radical (unpaired) electrons. The maximum atomic E-state index is 13.3. The number of hydrogen-bond acceptors (Lipinski definition) is 7. The average molecular weight is 474 g/mol. The van der Waals surface area contributed by atoms with Gasteiger partial charge < -0.3 is 23.7 Å². The van der Waals surface area contributed by atoms with Crippen LogP contribution >= 0.6 is 0 Å². The molecule has 0 saturated heterocycles. The van der Waals surface area contributed by atoms with Gasteiger partial charge in [0.15, 0.2) is 17.3 Å². The smallest absolute Gasteiger partial charge is 0.231 e. The second-order valence-electron chi connectivity index (χ2n) is 8.48. The van der Waals surface area contributed by atoms with Crippen LogP contribution in [0.15, 0.2) is 54.3 Å². The van der Waals surface area contributed by atoms with E-state index in [9.17, 15) is 4.79 Å². The molecule has 0 bridgehead atoms. The summed E-state index contributed by atoms with van der Waals surface area (Å²) < 4.78 is 28.5. The number of carbonyl (C=O) groups excluding carboxylic acids is 1. The predicted molar refractivity (Wildman–Crippen MR) is 131 cm³/mol. The third-order valence-electron chi connectivity index (χ3n) is 6.27. The van der Waals surface area contributed by atoms with Crippen molar-refractivity contribution in [3.05, 3.63) is 82.1 Å². The summed E-state index contributed by atoms with van der Waals surface area (Å²) in [4.78, 5) is 15.5. The Bertz CT molecular complexity index is 1320. The summed E-state index contributed by atoms with van der Waals surface area (Å²) in [5.74, 6) is 2.81. The molecule has 35 heavy (non-hydrogen) atoms. The molecule has 7 nitrogen and oxygen atoms in total. The number of rotatable bonds is 6. The Kier molecular flexibility index (Phi) is 6.09. The number of ether oxygens (including phenoxy) is 5. The quantitative estimate of drug-likeness (QED) is 0.467. The molecule has 0 unspecified atom stereocenters. The summed E-state index contributed by atoms with van der Waals surface area (Å²) in [5.41, 5.74) is 4.20. The van der Waals surface area contributed by atoms with Crippen molar-refractivity contribution in [3.63, 3.8) is 0 Å². The molecule has 7 heteroatoms. The van der Waals surface area contributed by atoms with E-state index in [2.05, 4.69) is 17.0 Å². The molecule has 0 spiro atoms. The molecular weight excluding hydrogens is 446 g/mol. The molecule has 0 atom stereocenters. The van der Waals surface area contributed by atoms with Crippen LogP contribution < -0.4 is 23.7 Å². The first-order chi connectivity index (χ1) is 17.0. The van der Waals surface area contributed by atoms with Gasteiger partial charge in [-0.1, -0.05) is 30.3 Å². The van der Waals surface area contributed by atoms with Gasteiger partial charge in [-0.25, -0.2) is 0 Å². The standard InChI is InChI=1S/C28H27NO6/c1-17-25-20(15-29(16-34-25)14-18-8-6-5-7-9-18)12-21-24(30)23(35-26(17)21)13-19-10-11-22(31-2)28(33-4)27(19)32-3/h5-13H,14-16H2,1-4H3/b23-13-. The van der Waals surface area contributed by atoms with Crippen molar-refractivity contribution in [1.82, 2.24) is 4.90 Å². The van der Waals surface area contributed by atoms with Crippen molar-refractivity contribution < 1.29 is 28.5 Å². The lowest BCUT2D eigenvalue weighted by atomic mass is 9.99. The van der Waals surface area contributed by atoms with Crippen molar-refractivity contribution in [2.45, 2.75) is 20.0 Å². The zero-order chi connectivity index (χ0) is 24.5. The first-order valence-corrected chi connectivity index (χ1v) is 11.3. The highest BCUT2D eigenvalue weighted by Gasteiger charge is 2.34. The van der Waals surface area contributed by atoms with Crippen molar-refractivity contribution in [3.8, 4) is 28.7 Å². The Labute approximate surface area is 204 Å². The summed E-state index contributed by atoms with van der Waals surface area (Å²) in [6.07, 6.45) is 1.67. The minimum Gasteiger partial charge on any atom is -0.493 e. The minimum atomic E-state index is -0.178. The van der Waals surface area contributed by atoms with E-state index in [1.807, 2.05) is 31.2 Å². The molecule has 2 heterocycles. The van der Waals surface area contributed by atoms with E-state index >= 15 is 0 Å². The summed E-state index contributed by atoms with van der Waals surface area (Å²) >= 11 is 0. The molecule has 3 aromatic carbocycles. The predicted octanol–water partition coefficient (Wildman–Crippen LogP) is 4.99. The van der Waals surface area contributed by atoms with Crippen molar-refractivity contribution >= 4 is 11.9 Å². The zero-order valence-corrected chi connectivity index (χ0v) is 20.2. The molecule has 180 valence electrons. The highest BCUT2D eigenvalue weighted by atomic mass is 16.5. The lowest BCUT2D eigenvalue weighted by Gasteiger charge is -2.30. The van der Waals surface area contributed by atoms with Crippen LogP contribution in [-0.4, -0.2) is 38.7 Å². The van der Waals surface area contributed by atoms with Crippen LogP contribution in [0, 0.1) is 6.92 Å². The lowest BCUT2D eigenvalue weighted by Crippen LogP contribution is -2.32. The highest BCUT2D eigenvalue weighted by Crippen LogP contribution is 2.45. The minimum absolute atomic E-state index is 0.178. The largest absolute Gasteiger partial charge is 0.493 e. The molecule has 0 aliphatic carbocycles. The molecule has 0 amide bonds. The molecular formula is C28H27NO6. The van der Waals surface area contributed by atoms with Crippen molar-refractivity contribution in [2.75, 3.05) is 28.1 Å². The summed E-state index contributed by atoms with van der Waals surface area (Å²) in [7, 11) is 4.64. The van der Waals surface area contributed by atoms with Crippen LogP contribution in [0.1, 0.15) is 32.6 Å². The topological polar surface area (TPSA) is 66.5 Å². The maximum absolute atomic E-state index is 13.3. The van der Waals surface area contributed by atoms with Crippen LogP contribution in [0.4, 0.5) is 0 Å². The fraction of sp³-hybridized carbons (Fsp3) is 0.250. The molecule has 0 saturated carbocycles. The van der Waals surface area contributed by atoms with Gasteiger partial charge in [-0.2, -0.15) is 0 Å². The second-order valence-corrected chi connectivity index (χ2v) is 8.48. The number of hydrogen-bond donors (Lipinski definition) is 0. The maximum Gasteiger partial charge on any atom is 0.231 e. The van der Waals surface area contributed by atoms with Gasteiger partial charge in [0.05, 0.1) is 26.9 Å². The number of benzene rings is 3. The van der Waals surface area contributed by atoms with Gasteiger partial charge in [0.2, 0.25) is 11.5 Å². The second kappa shape index (κ2) is 9.35. The highest BCUT2D eigenvalue weighted by molar-refractivity contribution is 6.15. The van der Waals surface area contributed by atoms with Gasteiger partial charge in [-0.05, 0) is 36.8 Å². The van der Waals surface area contributed by atoms with Gasteiger partial charge in [-0.3, -0.25) is 9.69 Å². The molecule has 2 aliphatic heterocycles. The summed E-state index contributed by atoms with van der Waals surface area (Å²) in [6.45, 7) is 3.86. The van der Waals surface area contributed by atoms with E-state index < -0.39 is 0 Å². The van der Waals surface area contributed by atoms with E-state index in [1.54, 1.807) is 39.5 Å².